The molecular formula is C25H22ClNO3. The van der Waals surface area contributed by atoms with Crippen molar-refractivity contribution >= 4 is 17.6 Å². The Morgan fingerprint density at radius 3 is 1.97 bits per heavy atom. The third-order valence-electron chi connectivity index (χ3n) is 4.50. The maximum absolute atomic E-state index is 12.3. The highest BCUT2D eigenvalue weighted by atomic mass is 35.5. The number of nitriles is 1. The zero-order chi connectivity index (χ0) is 21.5. The van der Waals surface area contributed by atoms with Gasteiger partial charge < -0.3 is 9.47 Å². The second-order valence-electron chi connectivity index (χ2n) is 7.07. The van der Waals surface area contributed by atoms with Crippen LogP contribution in [-0.2, 0) is 0 Å². The summed E-state index contributed by atoms with van der Waals surface area (Å²) in [5.74, 6) is 0.750. The monoisotopic (exact) mass is 419 g/mol. The summed E-state index contributed by atoms with van der Waals surface area (Å²) in [5, 5.41) is 8.89. The van der Waals surface area contributed by atoms with Gasteiger partial charge in [0, 0.05) is 11.8 Å². The van der Waals surface area contributed by atoms with Crippen molar-refractivity contribution in [1.82, 2.24) is 0 Å². The number of nitrogens with zero attached hydrogens (tertiary/aromatic N) is 1. The lowest BCUT2D eigenvalue weighted by Crippen LogP contribution is -2.15. The standard InChI is InChI=1S/C25H22ClNO3/c1-17(26)15-18(2)29-23-13-9-21(10-14-23)20-5-7-22(8-6-20)25(28)30-24-11-3-19(16-27)4-12-24/h3-14,17-18H,15H2,1-2H3. The number of hydrogen-bond acceptors (Lipinski definition) is 4. The SMILES string of the molecule is CC(Cl)CC(C)Oc1ccc(-c2ccc(C(=O)Oc3ccc(C#N)cc3)cc2)cc1. The van der Waals surface area contributed by atoms with E-state index >= 15 is 0 Å². The van der Waals surface area contributed by atoms with Crippen molar-refractivity contribution in [1.29, 1.82) is 5.26 Å². The Kier molecular flexibility index (Phi) is 7.11. The first kappa shape index (κ1) is 21.4. The molecule has 0 amide bonds. The number of esters is 1. The van der Waals surface area contributed by atoms with Gasteiger partial charge in [-0.1, -0.05) is 24.3 Å². The molecule has 3 aromatic rings. The van der Waals surface area contributed by atoms with Gasteiger partial charge >= 0.3 is 5.97 Å². The Morgan fingerprint density at radius 1 is 0.900 bits per heavy atom. The predicted octanol–water partition coefficient (Wildman–Crippen LogP) is 6.23. The minimum Gasteiger partial charge on any atom is -0.491 e. The molecule has 0 radical (unpaired) electrons. The summed E-state index contributed by atoms with van der Waals surface area (Å²) in [7, 11) is 0. The van der Waals surface area contributed by atoms with Gasteiger partial charge in [-0.05, 0) is 73.5 Å². The summed E-state index contributed by atoms with van der Waals surface area (Å²) in [6.07, 6.45) is 0.827. The van der Waals surface area contributed by atoms with Crippen molar-refractivity contribution < 1.29 is 14.3 Å². The molecule has 0 aromatic heterocycles. The predicted molar refractivity (Wildman–Crippen MR) is 118 cm³/mol. The van der Waals surface area contributed by atoms with Gasteiger partial charge in [0.2, 0.25) is 0 Å². The van der Waals surface area contributed by atoms with Crippen molar-refractivity contribution in [2.75, 3.05) is 0 Å². The topological polar surface area (TPSA) is 59.3 Å². The number of carbonyl (C=O) groups is 1. The van der Waals surface area contributed by atoms with Crippen LogP contribution in [0.3, 0.4) is 0 Å². The maximum atomic E-state index is 12.3. The molecule has 0 fully saturated rings. The normalized spacial score (nSPS) is 12.5. The van der Waals surface area contributed by atoms with Gasteiger partial charge in [-0.25, -0.2) is 4.79 Å². The van der Waals surface area contributed by atoms with Gasteiger partial charge in [-0.3, -0.25) is 0 Å². The molecule has 0 saturated carbocycles. The molecule has 0 N–H and O–H groups in total. The molecule has 0 aliphatic carbocycles. The number of ether oxygens (including phenoxy) is 2. The Balaban J connectivity index is 1.63. The zero-order valence-corrected chi connectivity index (χ0v) is 17.6. The molecule has 0 spiro atoms. The van der Waals surface area contributed by atoms with Crippen LogP contribution < -0.4 is 9.47 Å². The van der Waals surface area contributed by atoms with Crippen LogP contribution in [0.2, 0.25) is 0 Å². The van der Waals surface area contributed by atoms with Crippen molar-refractivity contribution in [3.05, 3.63) is 83.9 Å². The van der Waals surface area contributed by atoms with E-state index in [0.717, 1.165) is 23.3 Å². The van der Waals surface area contributed by atoms with Crippen molar-refractivity contribution in [3.8, 4) is 28.7 Å². The summed E-state index contributed by atoms with van der Waals surface area (Å²) in [6.45, 7) is 3.96. The zero-order valence-electron chi connectivity index (χ0n) is 16.8. The molecule has 2 atom stereocenters. The fourth-order valence-electron chi connectivity index (χ4n) is 3.03. The van der Waals surface area contributed by atoms with Crippen LogP contribution >= 0.6 is 11.6 Å². The smallest absolute Gasteiger partial charge is 0.343 e. The number of carbonyl (C=O) groups excluding carboxylic acids is 1. The number of benzene rings is 3. The molecule has 0 heterocycles. The largest absolute Gasteiger partial charge is 0.491 e. The lowest BCUT2D eigenvalue weighted by atomic mass is 10.0. The Morgan fingerprint density at radius 2 is 1.43 bits per heavy atom. The van der Waals surface area contributed by atoms with Crippen LogP contribution in [0.5, 0.6) is 11.5 Å². The van der Waals surface area contributed by atoms with Crippen LogP contribution in [0.4, 0.5) is 0 Å². The molecule has 2 unspecified atom stereocenters. The van der Waals surface area contributed by atoms with Crippen molar-refractivity contribution in [3.63, 3.8) is 0 Å². The van der Waals surface area contributed by atoms with Gasteiger partial charge in [-0.2, -0.15) is 5.26 Å². The number of rotatable bonds is 7. The number of alkyl halides is 1. The van der Waals surface area contributed by atoms with Gasteiger partial charge in [0.05, 0.1) is 23.3 Å². The van der Waals surface area contributed by atoms with E-state index in [1.807, 2.05) is 56.3 Å². The lowest BCUT2D eigenvalue weighted by molar-refractivity contribution is 0.0735. The summed E-state index contributed by atoms with van der Waals surface area (Å²) in [5.41, 5.74) is 2.97. The minimum atomic E-state index is -0.447. The van der Waals surface area contributed by atoms with Crippen LogP contribution in [0.1, 0.15) is 36.2 Å². The van der Waals surface area contributed by atoms with Crippen LogP contribution in [0.15, 0.2) is 72.8 Å². The first-order chi connectivity index (χ1) is 14.4. The third-order valence-corrected chi connectivity index (χ3v) is 4.67. The highest BCUT2D eigenvalue weighted by Crippen LogP contribution is 2.24. The molecule has 3 rings (SSSR count). The summed E-state index contributed by atoms with van der Waals surface area (Å²) in [4.78, 5) is 12.3. The molecule has 0 aliphatic rings. The second-order valence-corrected chi connectivity index (χ2v) is 7.82. The summed E-state index contributed by atoms with van der Waals surface area (Å²) in [6, 6.07) is 23.5. The summed E-state index contributed by atoms with van der Waals surface area (Å²) >= 11 is 6.01. The van der Waals surface area contributed by atoms with Gasteiger partial charge in [0.1, 0.15) is 11.5 Å². The third kappa shape index (κ3) is 5.85. The maximum Gasteiger partial charge on any atom is 0.343 e. The number of halogens is 1. The van der Waals surface area contributed by atoms with Crippen LogP contribution in [0, 0.1) is 11.3 Å². The van der Waals surface area contributed by atoms with E-state index in [-0.39, 0.29) is 11.5 Å². The lowest BCUT2D eigenvalue weighted by Gasteiger charge is -2.16. The molecule has 0 saturated heterocycles. The average molecular weight is 420 g/mol. The van der Waals surface area contributed by atoms with E-state index in [2.05, 4.69) is 0 Å². The highest BCUT2D eigenvalue weighted by Gasteiger charge is 2.10. The minimum absolute atomic E-state index is 0.0461. The first-order valence-electron chi connectivity index (χ1n) is 9.68. The highest BCUT2D eigenvalue weighted by molar-refractivity contribution is 6.20. The molecule has 30 heavy (non-hydrogen) atoms. The molecule has 4 nitrogen and oxygen atoms in total. The average Bonchev–Trinajstić information content (AvgIpc) is 2.74. The van der Waals surface area contributed by atoms with Crippen LogP contribution in [-0.4, -0.2) is 17.5 Å². The van der Waals surface area contributed by atoms with E-state index in [0.29, 0.717) is 16.9 Å². The fourth-order valence-corrected chi connectivity index (χ4v) is 3.28. The Bertz CT molecular complexity index is 1020. The van der Waals surface area contributed by atoms with Crippen molar-refractivity contribution in [2.45, 2.75) is 31.7 Å². The van der Waals surface area contributed by atoms with Crippen LogP contribution in [0.25, 0.3) is 11.1 Å². The molecule has 3 aromatic carbocycles. The fraction of sp³-hybridized carbons (Fsp3) is 0.200. The molecule has 152 valence electrons. The van der Waals surface area contributed by atoms with Gasteiger partial charge in [0.25, 0.3) is 0 Å². The van der Waals surface area contributed by atoms with E-state index in [1.54, 1.807) is 36.4 Å². The Hall–Kier alpha value is -3.29. The molecule has 5 heteroatoms. The Labute approximate surface area is 181 Å². The first-order valence-corrected chi connectivity index (χ1v) is 10.1. The van der Waals surface area contributed by atoms with E-state index in [9.17, 15) is 4.79 Å². The number of hydrogen-bond donors (Lipinski definition) is 0. The van der Waals surface area contributed by atoms with Gasteiger partial charge in [0.15, 0.2) is 0 Å². The molecule has 0 aliphatic heterocycles. The van der Waals surface area contributed by atoms with E-state index < -0.39 is 5.97 Å². The van der Waals surface area contributed by atoms with E-state index in [1.165, 1.54) is 0 Å². The van der Waals surface area contributed by atoms with Gasteiger partial charge in [-0.15, -0.1) is 11.6 Å². The quantitative estimate of drug-likeness (QED) is 0.259. The molecule has 0 bridgehead atoms. The second kappa shape index (κ2) is 9.96. The molecular weight excluding hydrogens is 398 g/mol. The summed E-state index contributed by atoms with van der Waals surface area (Å²) < 4.78 is 11.2. The van der Waals surface area contributed by atoms with E-state index in [4.69, 9.17) is 26.3 Å². The van der Waals surface area contributed by atoms with Crippen molar-refractivity contribution in [2.24, 2.45) is 0 Å².